The van der Waals surface area contributed by atoms with Gasteiger partial charge in [-0.05, 0) is 72.5 Å². The summed E-state index contributed by atoms with van der Waals surface area (Å²) in [7, 11) is -1.93. The molecule has 0 radical (unpaired) electrons. The Balaban J connectivity index is 1.49. The summed E-state index contributed by atoms with van der Waals surface area (Å²) >= 11 is 6.19. The Hall–Kier alpha value is -3.10. The Morgan fingerprint density at radius 3 is 2.61 bits per heavy atom. The van der Waals surface area contributed by atoms with Gasteiger partial charge in [0, 0.05) is 31.5 Å². The lowest BCUT2D eigenvalue weighted by atomic mass is 9.99. The molecule has 2 N–H and O–H groups in total. The molecule has 0 atom stereocenters. The number of nitrogens with zero attached hydrogens (tertiary/aromatic N) is 1. The van der Waals surface area contributed by atoms with E-state index in [0.29, 0.717) is 0 Å². The van der Waals surface area contributed by atoms with Crippen LogP contribution in [0.25, 0.3) is 0 Å². The van der Waals surface area contributed by atoms with Gasteiger partial charge >= 0.3 is 0 Å². The minimum Gasteiger partial charge on any atom is -0.374 e. The Morgan fingerprint density at radius 1 is 1.09 bits per heavy atom. The monoisotopic (exact) mass is 487 g/mol. The number of rotatable bonds is 6. The van der Waals surface area contributed by atoms with Crippen molar-refractivity contribution >= 4 is 38.9 Å². The SMILES string of the molecule is CN1CCCc2cc(CNC(=O)c3cc(S(=O)(=O)Nc4ccc(F)cc4)ccc3Cl)ccc21. The van der Waals surface area contributed by atoms with Crippen molar-refractivity contribution in [2.24, 2.45) is 0 Å². The van der Waals surface area contributed by atoms with E-state index in [1.165, 1.54) is 41.6 Å². The second kappa shape index (κ2) is 9.41. The Labute approximate surface area is 197 Å². The fourth-order valence-corrected chi connectivity index (χ4v) is 5.09. The molecule has 6 nitrogen and oxygen atoms in total. The summed E-state index contributed by atoms with van der Waals surface area (Å²) in [5, 5.41) is 2.95. The second-order valence-electron chi connectivity index (χ2n) is 7.92. The Morgan fingerprint density at radius 2 is 1.85 bits per heavy atom. The molecule has 0 bridgehead atoms. The van der Waals surface area contributed by atoms with Crippen molar-refractivity contribution in [1.29, 1.82) is 0 Å². The number of nitrogens with one attached hydrogen (secondary N) is 2. The summed E-state index contributed by atoms with van der Waals surface area (Å²) in [4.78, 5) is 14.9. The summed E-state index contributed by atoms with van der Waals surface area (Å²) in [5.41, 5.74) is 3.65. The van der Waals surface area contributed by atoms with Crippen LogP contribution in [0, 0.1) is 5.82 Å². The molecule has 0 aromatic heterocycles. The average Bonchev–Trinajstić information content (AvgIpc) is 2.79. The predicted octanol–water partition coefficient (Wildman–Crippen LogP) is 4.59. The number of hydrogen-bond acceptors (Lipinski definition) is 4. The molecule has 0 saturated carbocycles. The molecule has 1 heterocycles. The van der Waals surface area contributed by atoms with Crippen LogP contribution in [-0.4, -0.2) is 27.9 Å². The van der Waals surface area contributed by atoms with Crippen molar-refractivity contribution in [2.45, 2.75) is 24.3 Å². The summed E-state index contributed by atoms with van der Waals surface area (Å²) in [6, 6.07) is 14.9. The fourth-order valence-electron chi connectivity index (χ4n) is 3.80. The molecule has 0 fully saturated rings. The molecule has 9 heteroatoms. The van der Waals surface area contributed by atoms with Gasteiger partial charge in [-0.1, -0.05) is 23.7 Å². The van der Waals surface area contributed by atoms with E-state index in [2.05, 4.69) is 34.1 Å². The first-order chi connectivity index (χ1) is 15.7. The molecule has 4 rings (SSSR count). The predicted molar refractivity (Wildman–Crippen MR) is 128 cm³/mol. The van der Waals surface area contributed by atoms with Gasteiger partial charge in [0.2, 0.25) is 0 Å². The molecule has 1 aliphatic heterocycles. The third kappa shape index (κ3) is 5.29. The number of fused-ring (bicyclic) bond motifs is 1. The highest BCUT2D eigenvalue weighted by Gasteiger charge is 2.20. The molecular weight excluding hydrogens is 465 g/mol. The van der Waals surface area contributed by atoms with Gasteiger partial charge in [0.15, 0.2) is 0 Å². The lowest BCUT2D eigenvalue weighted by Crippen LogP contribution is -2.26. The molecule has 0 saturated heterocycles. The molecule has 33 heavy (non-hydrogen) atoms. The van der Waals surface area contributed by atoms with Crippen LogP contribution < -0.4 is 14.9 Å². The first-order valence-electron chi connectivity index (χ1n) is 10.4. The number of halogens is 2. The van der Waals surface area contributed by atoms with Crippen LogP contribution in [0.5, 0.6) is 0 Å². The highest BCUT2D eigenvalue weighted by molar-refractivity contribution is 7.92. The van der Waals surface area contributed by atoms with Gasteiger partial charge in [0.1, 0.15) is 5.82 Å². The van der Waals surface area contributed by atoms with Crippen molar-refractivity contribution in [1.82, 2.24) is 5.32 Å². The van der Waals surface area contributed by atoms with Crippen LogP contribution in [0.2, 0.25) is 5.02 Å². The first-order valence-corrected chi connectivity index (χ1v) is 12.3. The maximum absolute atomic E-state index is 13.1. The van der Waals surface area contributed by atoms with Crippen molar-refractivity contribution in [2.75, 3.05) is 23.2 Å². The van der Waals surface area contributed by atoms with Crippen LogP contribution in [0.1, 0.15) is 27.9 Å². The van der Waals surface area contributed by atoms with Gasteiger partial charge < -0.3 is 10.2 Å². The Kier molecular flexibility index (Phi) is 6.58. The van der Waals surface area contributed by atoms with Gasteiger partial charge in [-0.3, -0.25) is 9.52 Å². The van der Waals surface area contributed by atoms with E-state index in [1.54, 1.807) is 0 Å². The second-order valence-corrected chi connectivity index (χ2v) is 10.0. The van der Waals surface area contributed by atoms with Crippen LogP contribution in [0.4, 0.5) is 15.8 Å². The van der Waals surface area contributed by atoms with Crippen molar-refractivity contribution < 1.29 is 17.6 Å². The largest absolute Gasteiger partial charge is 0.374 e. The van der Waals surface area contributed by atoms with E-state index in [4.69, 9.17) is 11.6 Å². The molecular formula is C24H23ClFN3O3S. The maximum Gasteiger partial charge on any atom is 0.261 e. The highest BCUT2D eigenvalue weighted by Crippen LogP contribution is 2.27. The van der Waals surface area contributed by atoms with Gasteiger partial charge in [0.05, 0.1) is 15.5 Å². The van der Waals surface area contributed by atoms with E-state index in [0.717, 1.165) is 37.1 Å². The number of carbonyl (C=O) groups is 1. The van der Waals surface area contributed by atoms with Crippen molar-refractivity contribution in [3.05, 3.63) is 88.2 Å². The molecule has 0 spiro atoms. The van der Waals surface area contributed by atoms with E-state index >= 15 is 0 Å². The van der Waals surface area contributed by atoms with E-state index < -0.39 is 21.7 Å². The number of hydrogen-bond donors (Lipinski definition) is 2. The van der Waals surface area contributed by atoms with Crippen LogP contribution in [-0.2, 0) is 23.0 Å². The number of sulfonamides is 1. The standard InChI is InChI=1S/C24H23ClFN3O3S/c1-29-12-2-3-17-13-16(4-11-23(17)29)15-27-24(30)21-14-20(9-10-22(21)25)33(31,32)28-19-7-5-18(26)6-8-19/h4-11,13-14,28H,2-3,12,15H2,1H3,(H,27,30). The number of aryl methyl sites for hydroxylation is 1. The lowest BCUT2D eigenvalue weighted by molar-refractivity contribution is 0.0951. The molecule has 0 aliphatic carbocycles. The maximum atomic E-state index is 13.1. The lowest BCUT2D eigenvalue weighted by Gasteiger charge is -2.27. The summed E-state index contributed by atoms with van der Waals surface area (Å²) in [6.45, 7) is 1.31. The molecule has 3 aromatic carbocycles. The minimum atomic E-state index is -4.00. The van der Waals surface area contributed by atoms with Crippen LogP contribution in [0.15, 0.2) is 65.6 Å². The number of benzene rings is 3. The van der Waals surface area contributed by atoms with Crippen LogP contribution >= 0.6 is 11.6 Å². The quantitative estimate of drug-likeness (QED) is 0.533. The van der Waals surface area contributed by atoms with E-state index in [-0.39, 0.29) is 27.7 Å². The number of carbonyl (C=O) groups excluding carboxylic acids is 1. The normalized spacial score (nSPS) is 13.4. The van der Waals surface area contributed by atoms with Gasteiger partial charge in [-0.25, -0.2) is 12.8 Å². The zero-order chi connectivity index (χ0) is 23.6. The summed E-state index contributed by atoms with van der Waals surface area (Å²) in [6.07, 6.45) is 2.08. The third-order valence-corrected chi connectivity index (χ3v) is 7.25. The molecule has 3 aromatic rings. The van der Waals surface area contributed by atoms with E-state index in [1.807, 2.05) is 6.07 Å². The van der Waals surface area contributed by atoms with Crippen LogP contribution in [0.3, 0.4) is 0 Å². The smallest absolute Gasteiger partial charge is 0.261 e. The zero-order valence-corrected chi connectivity index (χ0v) is 19.5. The zero-order valence-electron chi connectivity index (χ0n) is 17.9. The number of amides is 1. The van der Waals surface area contributed by atoms with Crippen molar-refractivity contribution in [3.8, 4) is 0 Å². The summed E-state index contributed by atoms with van der Waals surface area (Å²) < 4.78 is 40.9. The van der Waals surface area contributed by atoms with Gasteiger partial charge in [0.25, 0.3) is 15.9 Å². The van der Waals surface area contributed by atoms with Gasteiger partial charge in [-0.2, -0.15) is 0 Å². The molecule has 0 unspecified atom stereocenters. The molecule has 1 amide bonds. The molecule has 172 valence electrons. The highest BCUT2D eigenvalue weighted by atomic mass is 35.5. The third-order valence-electron chi connectivity index (χ3n) is 5.54. The van der Waals surface area contributed by atoms with E-state index in [9.17, 15) is 17.6 Å². The first kappa shape index (κ1) is 23.1. The Bertz CT molecular complexity index is 1300. The minimum absolute atomic E-state index is 0.0522. The average molecular weight is 488 g/mol. The van der Waals surface area contributed by atoms with Gasteiger partial charge in [-0.15, -0.1) is 0 Å². The van der Waals surface area contributed by atoms with Crippen molar-refractivity contribution in [3.63, 3.8) is 0 Å². The number of anilines is 2. The molecule has 1 aliphatic rings. The fraction of sp³-hybridized carbons (Fsp3) is 0.208. The summed E-state index contributed by atoms with van der Waals surface area (Å²) in [5.74, 6) is -0.956. The topological polar surface area (TPSA) is 78.5 Å².